The summed E-state index contributed by atoms with van der Waals surface area (Å²) in [6.07, 6.45) is 12.5. The molecule has 0 unspecified atom stereocenters. The minimum absolute atomic E-state index is 0.00951. The molecule has 1 N–H and O–H groups in total. The number of benzene rings is 1. The average Bonchev–Trinajstić information content (AvgIpc) is 3.42. The van der Waals surface area contributed by atoms with Gasteiger partial charge >= 0.3 is 18.0 Å². The number of amides is 2. The zero-order valence-corrected chi connectivity index (χ0v) is 31.1. The highest BCUT2D eigenvalue weighted by Gasteiger charge is 2.60. The Balaban J connectivity index is 0.956. The van der Waals surface area contributed by atoms with Crippen LogP contribution in [0.5, 0.6) is 0 Å². The Kier molecular flexibility index (Phi) is 10.5. The van der Waals surface area contributed by atoms with E-state index in [1.165, 1.54) is 0 Å². The van der Waals surface area contributed by atoms with E-state index in [0.717, 1.165) is 67.3 Å². The molecular formula is C42H55N3O7. The fourth-order valence-corrected chi connectivity index (χ4v) is 10.9. The summed E-state index contributed by atoms with van der Waals surface area (Å²) in [5.41, 5.74) is 4.04. The van der Waals surface area contributed by atoms with E-state index in [-0.39, 0.29) is 59.4 Å². The molecular weight excluding hydrogens is 658 g/mol. The number of aliphatic hydroxyl groups excluding tert-OH is 1. The monoisotopic (exact) mass is 713 g/mol. The van der Waals surface area contributed by atoms with E-state index in [0.29, 0.717) is 75.7 Å². The first-order valence-corrected chi connectivity index (χ1v) is 19.7. The number of unbranched alkanes of at least 4 members (excludes halogenated alkanes) is 1. The van der Waals surface area contributed by atoms with Crippen LogP contribution in [-0.4, -0.2) is 78.5 Å². The van der Waals surface area contributed by atoms with E-state index in [2.05, 4.69) is 35.9 Å². The van der Waals surface area contributed by atoms with E-state index in [1.807, 2.05) is 24.3 Å². The summed E-state index contributed by atoms with van der Waals surface area (Å²) in [6, 6.07) is 7.77. The van der Waals surface area contributed by atoms with Gasteiger partial charge in [-0.15, -0.1) is 0 Å². The van der Waals surface area contributed by atoms with Crippen LogP contribution in [0.4, 0.5) is 10.5 Å². The van der Waals surface area contributed by atoms with Crippen LogP contribution >= 0.6 is 0 Å². The fraction of sp³-hybridized carbons (Fsp3) is 0.643. The van der Waals surface area contributed by atoms with Gasteiger partial charge in [-0.2, -0.15) is 4.99 Å². The van der Waals surface area contributed by atoms with Gasteiger partial charge in [0.25, 0.3) is 0 Å². The standard InChI is InChI=1S/C42H55N3O7/c1-4-51-37(48)12-9-19-44-26-29-22-27-10-5-6-11-35(27)45(39(29)43-40(44)50)20-7-8-21-52-38(49)24-28-23-31-32-13-14-36(47)42(32,3)18-16-33(31)41(2)17-15-30(46)25-34(28)41/h5-6,10-11,22,25,28,31-33,36,47H,4,7-9,12-21,23-24,26H2,1-3H3/t28-,31-,32-,33-,36-,41+,42-/m0/s1. The molecule has 52 heavy (non-hydrogen) atoms. The molecule has 2 heterocycles. The lowest BCUT2D eigenvalue weighted by atomic mass is 9.45. The number of amidine groups is 1. The highest BCUT2D eigenvalue weighted by Crippen LogP contribution is 2.66. The van der Waals surface area contributed by atoms with E-state index < -0.39 is 0 Å². The van der Waals surface area contributed by atoms with Gasteiger partial charge in [-0.25, -0.2) is 4.79 Å². The third-order valence-corrected chi connectivity index (χ3v) is 13.6. The summed E-state index contributed by atoms with van der Waals surface area (Å²) in [7, 11) is 0. The van der Waals surface area contributed by atoms with Gasteiger partial charge in [-0.3, -0.25) is 14.4 Å². The van der Waals surface area contributed by atoms with Crippen LogP contribution in [0, 0.1) is 34.5 Å². The Morgan fingerprint density at radius 3 is 2.62 bits per heavy atom. The second-order valence-electron chi connectivity index (χ2n) is 16.5. The van der Waals surface area contributed by atoms with Crippen molar-refractivity contribution in [3.63, 3.8) is 0 Å². The summed E-state index contributed by atoms with van der Waals surface area (Å²) in [5, 5.41) is 11.0. The number of para-hydroxylation sites is 1. The van der Waals surface area contributed by atoms with Crippen LogP contribution in [0.2, 0.25) is 0 Å². The van der Waals surface area contributed by atoms with Gasteiger partial charge in [0.15, 0.2) is 5.78 Å². The highest BCUT2D eigenvalue weighted by atomic mass is 16.5. The Morgan fingerprint density at radius 2 is 1.79 bits per heavy atom. The maximum absolute atomic E-state index is 13.4. The molecule has 0 spiro atoms. The summed E-state index contributed by atoms with van der Waals surface area (Å²) < 4.78 is 10.9. The van der Waals surface area contributed by atoms with Crippen LogP contribution in [0.1, 0.15) is 103 Å². The molecule has 0 bridgehead atoms. The van der Waals surface area contributed by atoms with Gasteiger partial charge in [-0.05, 0) is 123 Å². The molecule has 2 amide bonds. The quantitative estimate of drug-likeness (QED) is 0.183. The number of anilines is 1. The minimum Gasteiger partial charge on any atom is -0.466 e. The first-order valence-electron chi connectivity index (χ1n) is 19.7. The van der Waals surface area contributed by atoms with Crippen LogP contribution in [0.15, 0.2) is 46.5 Å². The molecule has 1 aromatic rings. The van der Waals surface area contributed by atoms with Crippen molar-refractivity contribution in [2.24, 2.45) is 39.5 Å². The molecule has 6 aliphatic rings. The van der Waals surface area contributed by atoms with Crippen molar-refractivity contribution in [2.75, 3.05) is 37.7 Å². The van der Waals surface area contributed by atoms with Crippen LogP contribution in [0.25, 0.3) is 6.08 Å². The second kappa shape index (κ2) is 14.9. The number of rotatable bonds is 12. The Hall–Kier alpha value is -3.79. The molecule has 0 saturated heterocycles. The molecule has 3 saturated carbocycles. The predicted octanol–water partition coefficient (Wildman–Crippen LogP) is 6.90. The molecule has 2 aliphatic heterocycles. The number of carbonyl (C=O) groups excluding carboxylic acids is 4. The van der Waals surface area contributed by atoms with Crippen LogP contribution < -0.4 is 4.90 Å². The smallest absolute Gasteiger partial charge is 0.345 e. The van der Waals surface area contributed by atoms with Gasteiger partial charge in [0.1, 0.15) is 5.84 Å². The van der Waals surface area contributed by atoms with Crippen molar-refractivity contribution in [2.45, 2.75) is 104 Å². The van der Waals surface area contributed by atoms with E-state index in [1.54, 1.807) is 11.8 Å². The van der Waals surface area contributed by atoms with Gasteiger partial charge in [0.2, 0.25) is 0 Å². The zero-order chi connectivity index (χ0) is 36.6. The maximum Gasteiger partial charge on any atom is 0.345 e. The summed E-state index contributed by atoms with van der Waals surface area (Å²) >= 11 is 0. The molecule has 0 radical (unpaired) electrons. The van der Waals surface area contributed by atoms with Crippen LogP contribution in [0.3, 0.4) is 0 Å². The number of carbonyl (C=O) groups is 4. The number of aliphatic imine (C=N–C) groups is 1. The molecule has 280 valence electrons. The number of aliphatic hydroxyl groups is 1. The first kappa shape index (κ1) is 36.6. The number of ether oxygens (including phenoxy) is 2. The van der Waals surface area contributed by atoms with Gasteiger partial charge in [-0.1, -0.05) is 37.6 Å². The molecule has 1 aromatic carbocycles. The van der Waals surface area contributed by atoms with Crippen molar-refractivity contribution >= 4 is 41.4 Å². The number of hydrogen-bond donors (Lipinski definition) is 1. The molecule has 4 aliphatic carbocycles. The van der Waals surface area contributed by atoms with E-state index in [9.17, 15) is 24.3 Å². The lowest BCUT2D eigenvalue weighted by molar-refractivity contribution is -0.146. The van der Waals surface area contributed by atoms with Crippen molar-refractivity contribution < 1.29 is 33.8 Å². The topological polar surface area (TPSA) is 126 Å². The Morgan fingerprint density at radius 1 is 0.962 bits per heavy atom. The third-order valence-electron chi connectivity index (χ3n) is 13.6. The SMILES string of the molecule is CCOC(=O)CCCN1CC2=Cc3ccccc3N(CCCCOC(=O)C[C@@H]3C[C@H]4[C@@H]5CC[C@H](O)[C@@]5(C)CC[C@@H]4[C@@]4(C)CCC(=O)C=C34)C2=NC1=O. The molecule has 7 atom stereocenters. The Bertz CT molecular complexity index is 1680. The number of allylic oxidation sites excluding steroid dienone is 1. The van der Waals surface area contributed by atoms with E-state index in [4.69, 9.17) is 9.47 Å². The second-order valence-corrected chi connectivity index (χ2v) is 16.5. The van der Waals surface area contributed by atoms with Crippen LogP contribution in [-0.2, 0) is 23.9 Å². The summed E-state index contributed by atoms with van der Waals surface area (Å²) in [5.74, 6) is 1.73. The molecule has 3 fully saturated rings. The minimum atomic E-state index is -0.309. The summed E-state index contributed by atoms with van der Waals surface area (Å²) in [4.78, 5) is 59.3. The average molecular weight is 714 g/mol. The van der Waals surface area contributed by atoms with Crippen molar-refractivity contribution in [1.82, 2.24) is 4.90 Å². The lowest BCUT2D eigenvalue weighted by Crippen LogP contribution is -2.53. The number of fused-ring (bicyclic) bond motifs is 7. The first-order chi connectivity index (χ1) is 25.0. The maximum atomic E-state index is 13.4. The largest absolute Gasteiger partial charge is 0.466 e. The lowest BCUT2D eigenvalue weighted by Gasteiger charge is -2.59. The Labute approximate surface area is 307 Å². The van der Waals surface area contributed by atoms with E-state index >= 15 is 0 Å². The number of hydrogen-bond acceptors (Lipinski definition) is 8. The molecule has 10 nitrogen and oxygen atoms in total. The van der Waals surface area contributed by atoms with Gasteiger partial charge in [0, 0.05) is 37.2 Å². The number of nitrogens with zero attached hydrogens (tertiary/aromatic N) is 3. The molecule has 10 heteroatoms. The van der Waals surface area contributed by atoms with Gasteiger partial charge in [0.05, 0.1) is 32.3 Å². The number of urea groups is 1. The number of esters is 2. The third kappa shape index (κ3) is 6.88. The van der Waals surface area contributed by atoms with Gasteiger partial charge < -0.3 is 24.4 Å². The molecule has 0 aromatic heterocycles. The van der Waals surface area contributed by atoms with Crippen molar-refractivity contribution in [3.8, 4) is 0 Å². The molecule has 7 rings (SSSR count). The zero-order valence-electron chi connectivity index (χ0n) is 31.1. The normalized spacial score (nSPS) is 32.0. The van der Waals surface area contributed by atoms with Crippen molar-refractivity contribution in [1.29, 1.82) is 0 Å². The fourth-order valence-electron chi connectivity index (χ4n) is 10.9. The summed E-state index contributed by atoms with van der Waals surface area (Å²) in [6.45, 7) is 8.50. The van der Waals surface area contributed by atoms with Crippen molar-refractivity contribution in [3.05, 3.63) is 47.1 Å². The number of ketones is 1. The predicted molar refractivity (Wildman–Crippen MR) is 198 cm³/mol. The highest BCUT2D eigenvalue weighted by molar-refractivity contribution is 6.20.